The SMILES string of the molecule is CCCC/C=C/C(=O)O[C@H]1C[C@@H]2[C@H](CCCC[C@@H](O)CCC)CCC[C@@H]2N[C@H]1C. The lowest BCUT2D eigenvalue weighted by Gasteiger charge is -2.47. The van der Waals surface area contributed by atoms with Crippen LogP contribution < -0.4 is 5.32 Å². The van der Waals surface area contributed by atoms with Crippen molar-refractivity contribution in [2.45, 2.75) is 129 Å². The van der Waals surface area contributed by atoms with Gasteiger partial charge in [-0.05, 0) is 50.9 Å². The van der Waals surface area contributed by atoms with Crippen LogP contribution in [0.25, 0.3) is 0 Å². The molecule has 0 aromatic carbocycles. The number of allylic oxidation sites excluding steroid dienone is 1. The molecule has 2 fully saturated rings. The maximum absolute atomic E-state index is 12.2. The topological polar surface area (TPSA) is 58.6 Å². The summed E-state index contributed by atoms with van der Waals surface area (Å²) in [5.74, 6) is 1.15. The number of aliphatic hydroxyl groups excluding tert-OH is 1. The second-order valence-electron chi connectivity index (χ2n) is 9.40. The van der Waals surface area contributed by atoms with Crippen LogP contribution in [0, 0.1) is 11.8 Å². The maximum atomic E-state index is 12.2. The fraction of sp³-hybridized carbons (Fsp3) is 0.880. The monoisotopic (exact) mass is 407 g/mol. The van der Waals surface area contributed by atoms with Gasteiger partial charge in [0, 0.05) is 18.2 Å². The van der Waals surface area contributed by atoms with E-state index in [0.29, 0.717) is 12.0 Å². The standard InChI is InChI=1S/C25H45NO3/c1-4-6-7-8-17-25(28)29-24-18-22-20(13-9-10-15-21(27)12-5-2)14-11-16-23(22)26-19(24)3/h8,17,19-24,26-27H,4-7,9-16,18H2,1-3H3/b17-8+/t19-,20+,21-,22+,23-,24-/m0/s1. The molecule has 0 aromatic heterocycles. The number of piperidine rings is 1. The molecule has 2 rings (SSSR count). The number of nitrogens with one attached hydrogen (secondary N) is 1. The van der Waals surface area contributed by atoms with Gasteiger partial charge in [0.25, 0.3) is 0 Å². The van der Waals surface area contributed by atoms with Gasteiger partial charge in [-0.2, -0.15) is 0 Å². The Morgan fingerprint density at radius 3 is 2.76 bits per heavy atom. The molecule has 2 aliphatic rings. The van der Waals surface area contributed by atoms with Crippen LogP contribution in [-0.2, 0) is 9.53 Å². The summed E-state index contributed by atoms with van der Waals surface area (Å²) in [6.45, 7) is 6.45. The summed E-state index contributed by atoms with van der Waals surface area (Å²) in [7, 11) is 0. The van der Waals surface area contributed by atoms with Crippen LogP contribution in [-0.4, -0.2) is 35.4 Å². The zero-order valence-corrected chi connectivity index (χ0v) is 19.1. The lowest BCUT2D eigenvalue weighted by Crippen LogP contribution is -2.57. The first kappa shape index (κ1) is 24.4. The Hall–Kier alpha value is -0.870. The van der Waals surface area contributed by atoms with E-state index >= 15 is 0 Å². The number of unbranched alkanes of at least 4 members (excludes halogenated alkanes) is 3. The fourth-order valence-corrected chi connectivity index (χ4v) is 5.30. The Bertz CT molecular complexity index is 492. The van der Waals surface area contributed by atoms with Gasteiger partial charge < -0.3 is 15.2 Å². The number of rotatable bonds is 12. The van der Waals surface area contributed by atoms with Crippen LogP contribution >= 0.6 is 0 Å². The lowest BCUT2D eigenvalue weighted by atomic mass is 9.68. The molecule has 1 aliphatic heterocycles. The Morgan fingerprint density at radius 1 is 1.17 bits per heavy atom. The van der Waals surface area contributed by atoms with E-state index in [1.54, 1.807) is 6.08 Å². The highest BCUT2D eigenvalue weighted by molar-refractivity contribution is 5.82. The summed E-state index contributed by atoms with van der Waals surface area (Å²) in [5.41, 5.74) is 0. The van der Waals surface area contributed by atoms with E-state index in [0.717, 1.165) is 57.3 Å². The number of carbonyl (C=O) groups excluding carboxylic acids is 1. The van der Waals surface area contributed by atoms with Gasteiger partial charge in [0.05, 0.1) is 6.10 Å². The molecule has 0 radical (unpaired) electrons. The molecule has 4 nitrogen and oxygen atoms in total. The number of esters is 1. The molecule has 0 unspecified atom stereocenters. The minimum absolute atomic E-state index is 0.0217. The largest absolute Gasteiger partial charge is 0.458 e. The minimum Gasteiger partial charge on any atom is -0.458 e. The van der Waals surface area contributed by atoms with Gasteiger partial charge in [0.2, 0.25) is 0 Å². The molecule has 1 saturated carbocycles. The van der Waals surface area contributed by atoms with Crippen molar-refractivity contribution in [3.8, 4) is 0 Å². The molecule has 29 heavy (non-hydrogen) atoms. The van der Waals surface area contributed by atoms with Crippen LogP contribution in [0.2, 0.25) is 0 Å². The highest BCUT2D eigenvalue weighted by Gasteiger charge is 2.41. The molecular formula is C25H45NO3. The van der Waals surface area contributed by atoms with E-state index in [4.69, 9.17) is 4.74 Å². The molecule has 4 heteroatoms. The second kappa shape index (κ2) is 13.4. The van der Waals surface area contributed by atoms with Crippen LogP contribution in [0.1, 0.15) is 104 Å². The van der Waals surface area contributed by atoms with E-state index in [2.05, 4.69) is 26.1 Å². The Kier molecular flexibility index (Phi) is 11.3. The fourth-order valence-electron chi connectivity index (χ4n) is 5.30. The molecule has 0 aromatic rings. The van der Waals surface area contributed by atoms with Gasteiger partial charge in [-0.25, -0.2) is 4.79 Å². The Morgan fingerprint density at radius 2 is 2.00 bits per heavy atom. The summed E-state index contributed by atoms with van der Waals surface area (Å²) in [5, 5.41) is 13.7. The molecule has 168 valence electrons. The Labute approximate surface area is 178 Å². The predicted octanol–water partition coefficient (Wildman–Crippen LogP) is 5.53. The smallest absolute Gasteiger partial charge is 0.330 e. The summed E-state index contributed by atoms with van der Waals surface area (Å²) in [6, 6.07) is 0.802. The predicted molar refractivity (Wildman–Crippen MR) is 120 cm³/mol. The number of ether oxygens (including phenoxy) is 1. The van der Waals surface area contributed by atoms with Gasteiger partial charge in [-0.15, -0.1) is 0 Å². The Balaban J connectivity index is 1.81. The zero-order valence-electron chi connectivity index (χ0n) is 19.1. The molecule has 1 aliphatic carbocycles. The minimum atomic E-state index is -0.185. The van der Waals surface area contributed by atoms with Crippen molar-refractivity contribution in [1.82, 2.24) is 5.32 Å². The summed E-state index contributed by atoms with van der Waals surface area (Å²) in [4.78, 5) is 12.2. The molecule has 1 heterocycles. The van der Waals surface area contributed by atoms with E-state index in [1.807, 2.05) is 6.08 Å². The van der Waals surface area contributed by atoms with Crippen LogP contribution in [0.3, 0.4) is 0 Å². The third-order valence-electron chi connectivity index (χ3n) is 6.98. The van der Waals surface area contributed by atoms with E-state index in [-0.39, 0.29) is 24.2 Å². The highest BCUT2D eigenvalue weighted by atomic mass is 16.5. The van der Waals surface area contributed by atoms with Gasteiger partial charge in [-0.1, -0.05) is 71.3 Å². The van der Waals surface area contributed by atoms with Crippen LogP contribution in [0.5, 0.6) is 0 Å². The van der Waals surface area contributed by atoms with Crippen molar-refractivity contribution in [3.05, 3.63) is 12.2 Å². The first-order chi connectivity index (χ1) is 14.0. The second-order valence-corrected chi connectivity index (χ2v) is 9.40. The van der Waals surface area contributed by atoms with Crippen molar-refractivity contribution < 1.29 is 14.6 Å². The summed E-state index contributed by atoms with van der Waals surface area (Å²) < 4.78 is 5.84. The normalized spacial score (nSPS) is 30.8. The first-order valence-corrected chi connectivity index (χ1v) is 12.4. The van der Waals surface area contributed by atoms with E-state index in [9.17, 15) is 9.90 Å². The van der Waals surface area contributed by atoms with Crippen molar-refractivity contribution in [3.63, 3.8) is 0 Å². The summed E-state index contributed by atoms with van der Waals surface area (Å²) >= 11 is 0. The van der Waals surface area contributed by atoms with Crippen LogP contribution in [0.4, 0.5) is 0 Å². The van der Waals surface area contributed by atoms with E-state index < -0.39 is 0 Å². The van der Waals surface area contributed by atoms with E-state index in [1.165, 1.54) is 32.1 Å². The number of fused-ring (bicyclic) bond motifs is 1. The molecule has 1 saturated heterocycles. The average molecular weight is 408 g/mol. The van der Waals surface area contributed by atoms with Crippen molar-refractivity contribution in [2.75, 3.05) is 0 Å². The number of hydrogen-bond donors (Lipinski definition) is 2. The van der Waals surface area contributed by atoms with Crippen molar-refractivity contribution in [1.29, 1.82) is 0 Å². The number of aliphatic hydroxyl groups is 1. The maximum Gasteiger partial charge on any atom is 0.330 e. The van der Waals surface area contributed by atoms with Crippen LogP contribution in [0.15, 0.2) is 12.2 Å². The number of hydrogen-bond acceptors (Lipinski definition) is 4. The zero-order chi connectivity index (χ0) is 21.1. The molecule has 0 spiro atoms. The molecule has 6 atom stereocenters. The van der Waals surface area contributed by atoms with Gasteiger partial charge in [-0.3, -0.25) is 0 Å². The lowest BCUT2D eigenvalue weighted by molar-refractivity contribution is -0.148. The van der Waals surface area contributed by atoms with Gasteiger partial charge in [0.1, 0.15) is 6.10 Å². The first-order valence-electron chi connectivity index (χ1n) is 12.4. The van der Waals surface area contributed by atoms with Gasteiger partial charge in [0.15, 0.2) is 0 Å². The highest BCUT2D eigenvalue weighted by Crippen LogP contribution is 2.40. The summed E-state index contributed by atoms with van der Waals surface area (Å²) in [6.07, 6.45) is 18.0. The quantitative estimate of drug-likeness (QED) is 0.254. The molecule has 0 bridgehead atoms. The van der Waals surface area contributed by atoms with Crippen molar-refractivity contribution >= 4 is 5.97 Å². The van der Waals surface area contributed by atoms with Gasteiger partial charge >= 0.3 is 5.97 Å². The molecular weight excluding hydrogens is 362 g/mol. The number of carbonyl (C=O) groups is 1. The molecule has 0 amide bonds. The van der Waals surface area contributed by atoms with Crippen molar-refractivity contribution in [2.24, 2.45) is 11.8 Å². The third kappa shape index (κ3) is 8.41. The molecule has 2 N–H and O–H groups in total. The third-order valence-corrected chi connectivity index (χ3v) is 6.98. The average Bonchev–Trinajstić information content (AvgIpc) is 2.69.